The van der Waals surface area contributed by atoms with Gasteiger partial charge in [0.1, 0.15) is 0 Å². The fraction of sp³-hybridized carbons (Fsp3) is 0.143. The van der Waals surface area contributed by atoms with Gasteiger partial charge in [0.25, 0.3) is 5.91 Å². The van der Waals surface area contributed by atoms with Crippen molar-refractivity contribution in [1.82, 2.24) is 0 Å². The van der Waals surface area contributed by atoms with Crippen molar-refractivity contribution in [2.75, 3.05) is 10.6 Å². The Morgan fingerprint density at radius 3 is 2.07 bits per heavy atom. The molecule has 1 fully saturated rings. The Kier molecular flexibility index (Phi) is 4.85. The summed E-state index contributed by atoms with van der Waals surface area (Å²) in [6, 6.07) is 18.8. The second-order valence-electron chi connectivity index (χ2n) is 6.55. The highest BCUT2D eigenvalue weighted by molar-refractivity contribution is 9.10. The maximum Gasteiger partial charge on any atom is 0.265 e. The largest absolute Gasteiger partial charge is 0.325 e. The van der Waals surface area contributed by atoms with Gasteiger partial charge < -0.3 is 10.6 Å². The number of rotatable bonds is 5. The monoisotopic (exact) mass is 440 g/mol. The van der Waals surface area contributed by atoms with E-state index < -0.39 is 5.41 Å². The van der Waals surface area contributed by atoms with E-state index in [1.165, 1.54) is 11.3 Å². The van der Waals surface area contributed by atoms with Crippen molar-refractivity contribution in [3.63, 3.8) is 0 Å². The van der Waals surface area contributed by atoms with Crippen LogP contribution in [0.2, 0.25) is 0 Å². The molecular weight excluding hydrogens is 424 g/mol. The average molecular weight is 441 g/mol. The Hall–Kier alpha value is -2.44. The molecular formula is C21H17BrN2O2S. The minimum atomic E-state index is -0.424. The summed E-state index contributed by atoms with van der Waals surface area (Å²) in [4.78, 5) is 25.6. The summed E-state index contributed by atoms with van der Waals surface area (Å²) in [6.07, 6.45) is 1.71. The number of carbonyl (C=O) groups excluding carboxylic acids is 2. The van der Waals surface area contributed by atoms with E-state index in [0.717, 1.165) is 28.6 Å². The third-order valence-corrected chi connectivity index (χ3v) is 6.12. The molecule has 1 aromatic heterocycles. The minimum absolute atomic E-state index is 0.0141. The van der Waals surface area contributed by atoms with Crippen LogP contribution in [0.25, 0.3) is 0 Å². The van der Waals surface area contributed by atoms with Gasteiger partial charge in [-0.25, -0.2) is 0 Å². The number of hydrogen-bond donors (Lipinski definition) is 2. The average Bonchev–Trinajstić information content (AvgIpc) is 3.30. The number of anilines is 2. The van der Waals surface area contributed by atoms with Crippen LogP contribution in [0.1, 0.15) is 28.1 Å². The van der Waals surface area contributed by atoms with Crippen LogP contribution in [-0.4, -0.2) is 11.8 Å². The van der Waals surface area contributed by atoms with Crippen LogP contribution in [0.3, 0.4) is 0 Å². The topological polar surface area (TPSA) is 58.2 Å². The number of nitrogens with one attached hydrogen (secondary N) is 2. The molecule has 27 heavy (non-hydrogen) atoms. The van der Waals surface area contributed by atoms with Gasteiger partial charge in [0.15, 0.2) is 0 Å². The smallest absolute Gasteiger partial charge is 0.265 e. The number of halogens is 1. The second kappa shape index (κ2) is 7.29. The van der Waals surface area contributed by atoms with Gasteiger partial charge in [0.05, 0.1) is 10.3 Å². The number of carbonyl (C=O) groups is 2. The van der Waals surface area contributed by atoms with Gasteiger partial charge in [0.2, 0.25) is 5.91 Å². The Bertz CT molecular complexity index is 962. The molecule has 4 nitrogen and oxygen atoms in total. The van der Waals surface area contributed by atoms with E-state index in [4.69, 9.17) is 0 Å². The van der Waals surface area contributed by atoms with E-state index in [0.29, 0.717) is 10.6 Å². The van der Waals surface area contributed by atoms with Gasteiger partial charge in [-0.15, -0.1) is 11.3 Å². The van der Waals surface area contributed by atoms with Crippen molar-refractivity contribution in [3.8, 4) is 0 Å². The zero-order chi connectivity index (χ0) is 18.9. The molecule has 136 valence electrons. The van der Waals surface area contributed by atoms with E-state index in [9.17, 15) is 9.59 Å². The molecule has 0 radical (unpaired) electrons. The highest BCUT2D eigenvalue weighted by atomic mass is 79.9. The Morgan fingerprint density at radius 1 is 0.889 bits per heavy atom. The van der Waals surface area contributed by atoms with Crippen molar-refractivity contribution in [3.05, 3.63) is 81.0 Å². The molecule has 0 atom stereocenters. The summed E-state index contributed by atoms with van der Waals surface area (Å²) < 4.78 is 1.00. The number of thiophene rings is 1. The van der Waals surface area contributed by atoms with Crippen LogP contribution in [0, 0.1) is 0 Å². The summed E-state index contributed by atoms with van der Waals surface area (Å²) in [6.45, 7) is 0. The molecule has 3 aromatic rings. The van der Waals surface area contributed by atoms with Crippen LogP contribution in [0.15, 0.2) is 70.5 Å². The van der Waals surface area contributed by atoms with Crippen LogP contribution in [0.4, 0.5) is 11.4 Å². The van der Waals surface area contributed by atoms with Gasteiger partial charge in [-0.1, -0.05) is 34.1 Å². The predicted molar refractivity (Wildman–Crippen MR) is 112 cm³/mol. The van der Waals surface area contributed by atoms with E-state index in [-0.39, 0.29) is 11.8 Å². The zero-order valence-corrected chi connectivity index (χ0v) is 16.8. The van der Waals surface area contributed by atoms with Crippen LogP contribution in [0.5, 0.6) is 0 Å². The standard InChI is InChI=1S/C21H17BrN2O2S/c22-15-5-3-14(4-6-15)21(11-12-21)20(26)24-17-9-7-16(8-10-17)23-19(25)18-2-1-13-27-18/h1-10,13H,11-12H2,(H,23,25)(H,24,26). The van der Waals surface area contributed by atoms with E-state index in [1.54, 1.807) is 30.3 Å². The minimum Gasteiger partial charge on any atom is -0.325 e. The number of hydrogen-bond acceptors (Lipinski definition) is 3. The molecule has 0 bridgehead atoms. The summed E-state index contributed by atoms with van der Waals surface area (Å²) in [5.74, 6) is -0.117. The first-order valence-electron chi connectivity index (χ1n) is 8.59. The molecule has 0 aliphatic heterocycles. The lowest BCUT2D eigenvalue weighted by atomic mass is 9.95. The number of amides is 2. The molecule has 0 spiro atoms. The third-order valence-electron chi connectivity index (χ3n) is 4.73. The summed E-state index contributed by atoms with van der Waals surface area (Å²) in [5, 5.41) is 7.73. The first-order valence-corrected chi connectivity index (χ1v) is 10.3. The molecule has 1 saturated carbocycles. The van der Waals surface area contributed by atoms with Crippen molar-refractivity contribution < 1.29 is 9.59 Å². The quantitative estimate of drug-likeness (QED) is 0.555. The summed E-state index contributed by atoms with van der Waals surface area (Å²) >= 11 is 4.83. The van der Waals surface area contributed by atoms with Crippen LogP contribution >= 0.6 is 27.3 Å². The molecule has 2 N–H and O–H groups in total. The highest BCUT2D eigenvalue weighted by Gasteiger charge is 2.51. The third kappa shape index (κ3) is 3.82. The van der Waals surface area contributed by atoms with Gasteiger partial charge in [-0.3, -0.25) is 9.59 Å². The molecule has 0 unspecified atom stereocenters. The molecule has 1 aliphatic rings. The van der Waals surface area contributed by atoms with Crippen molar-refractivity contribution in [2.45, 2.75) is 18.3 Å². The lowest BCUT2D eigenvalue weighted by molar-refractivity contribution is -0.118. The Labute approximate surface area is 169 Å². The van der Waals surface area contributed by atoms with Crippen molar-refractivity contribution in [2.24, 2.45) is 0 Å². The predicted octanol–water partition coefficient (Wildman–Crippen LogP) is 5.43. The highest BCUT2D eigenvalue weighted by Crippen LogP contribution is 2.49. The Balaban J connectivity index is 1.42. The lowest BCUT2D eigenvalue weighted by Gasteiger charge is -2.16. The lowest BCUT2D eigenvalue weighted by Crippen LogP contribution is -2.27. The molecule has 6 heteroatoms. The second-order valence-corrected chi connectivity index (χ2v) is 8.42. The molecule has 2 amide bonds. The zero-order valence-electron chi connectivity index (χ0n) is 14.4. The van der Waals surface area contributed by atoms with Crippen LogP contribution < -0.4 is 10.6 Å². The molecule has 2 aromatic carbocycles. The van der Waals surface area contributed by atoms with Gasteiger partial charge in [-0.2, -0.15) is 0 Å². The van der Waals surface area contributed by atoms with Crippen molar-refractivity contribution in [1.29, 1.82) is 0 Å². The maximum absolute atomic E-state index is 12.8. The van der Waals surface area contributed by atoms with Gasteiger partial charge in [0, 0.05) is 15.8 Å². The molecule has 1 heterocycles. The van der Waals surface area contributed by atoms with E-state index in [2.05, 4.69) is 26.6 Å². The number of benzene rings is 2. The van der Waals surface area contributed by atoms with E-state index >= 15 is 0 Å². The van der Waals surface area contributed by atoms with E-state index in [1.807, 2.05) is 35.7 Å². The van der Waals surface area contributed by atoms with Gasteiger partial charge >= 0.3 is 0 Å². The normalized spacial score (nSPS) is 14.4. The fourth-order valence-electron chi connectivity index (χ4n) is 3.03. The SMILES string of the molecule is O=C(Nc1ccc(NC(=O)C2(c3ccc(Br)cc3)CC2)cc1)c1cccs1. The first-order chi connectivity index (χ1) is 13.1. The molecule has 0 saturated heterocycles. The van der Waals surface area contributed by atoms with Crippen LogP contribution in [-0.2, 0) is 10.2 Å². The van der Waals surface area contributed by atoms with Gasteiger partial charge in [-0.05, 0) is 66.2 Å². The molecule has 4 rings (SSSR count). The Morgan fingerprint density at radius 2 is 1.52 bits per heavy atom. The van der Waals surface area contributed by atoms with Crippen molar-refractivity contribution >= 4 is 50.5 Å². The molecule has 1 aliphatic carbocycles. The maximum atomic E-state index is 12.8. The fourth-order valence-corrected chi connectivity index (χ4v) is 3.91. The summed E-state index contributed by atoms with van der Waals surface area (Å²) in [7, 11) is 0. The summed E-state index contributed by atoms with van der Waals surface area (Å²) in [5.41, 5.74) is 2.04. The first kappa shape index (κ1) is 17.9.